The van der Waals surface area contributed by atoms with E-state index in [-0.39, 0.29) is 5.69 Å². The third-order valence-electron chi connectivity index (χ3n) is 3.79. The van der Waals surface area contributed by atoms with Gasteiger partial charge in [0.1, 0.15) is 12.1 Å². The van der Waals surface area contributed by atoms with Gasteiger partial charge in [0.05, 0.1) is 16.8 Å². The summed E-state index contributed by atoms with van der Waals surface area (Å²) < 4.78 is 0. The Bertz CT molecular complexity index is 791. The highest BCUT2D eigenvalue weighted by atomic mass is 35.5. The molecule has 1 fully saturated rings. The zero-order valence-electron chi connectivity index (χ0n) is 11.2. The number of hydrogen-bond acceptors (Lipinski definition) is 3. The van der Waals surface area contributed by atoms with Gasteiger partial charge in [0.2, 0.25) is 0 Å². The van der Waals surface area contributed by atoms with Gasteiger partial charge in [-0.25, -0.2) is 0 Å². The Hall–Kier alpha value is -2.49. The maximum Gasteiger partial charge on any atom is 0.102 e. The first-order valence-corrected chi connectivity index (χ1v) is 7.06. The molecular weight excluding hydrogens is 282 g/mol. The molecule has 21 heavy (non-hydrogen) atoms. The minimum absolute atomic E-state index is 0.286. The Morgan fingerprint density at radius 1 is 1.05 bits per heavy atom. The third-order valence-corrected chi connectivity index (χ3v) is 4.04. The minimum Gasteiger partial charge on any atom is -0.397 e. The number of anilines is 1. The van der Waals surface area contributed by atoms with Crippen molar-refractivity contribution >= 4 is 17.3 Å². The maximum absolute atomic E-state index is 9.41. The molecule has 0 atom stereocenters. The molecule has 1 saturated carbocycles. The number of rotatable bonds is 2. The van der Waals surface area contributed by atoms with Crippen LogP contribution in [0.15, 0.2) is 30.3 Å². The number of nitrogens with zero attached hydrogens (tertiary/aromatic N) is 2. The molecule has 0 unspecified atom stereocenters. The molecule has 2 aromatic carbocycles. The van der Waals surface area contributed by atoms with Crippen LogP contribution in [0.1, 0.15) is 35.4 Å². The number of benzene rings is 2. The summed E-state index contributed by atoms with van der Waals surface area (Å²) in [7, 11) is 0. The summed E-state index contributed by atoms with van der Waals surface area (Å²) in [6.07, 6.45) is 2.14. The lowest BCUT2D eigenvalue weighted by Gasteiger charge is -2.13. The molecule has 0 aliphatic heterocycles. The van der Waals surface area contributed by atoms with E-state index >= 15 is 0 Å². The number of nitrogens with two attached hydrogens (primary N) is 1. The molecule has 0 radical (unpaired) electrons. The maximum atomic E-state index is 9.41. The molecule has 0 heterocycles. The molecule has 3 rings (SSSR count). The second-order valence-corrected chi connectivity index (χ2v) is 5.62. The van der Waals surface area contributed by atoms with E-state index in [0.717, 1.165) is 29.5 Å². The van der Waals surface area contributed by atoms with Crippen molar-refractivity contribution in [3.8, 4) is 23.3 Å². The van der Waals surface area contributed by atoms with Crippen LogP contribution in [0.3, 0.4) is 0 Å². The van der Waals surface area contributed by atoms with Crippen LogP contribution in [-0.4, -0.2) is 0 Å². The van der Waals surface area contributed by atoms with E-state index < -0.39 is 0 Å². The zero-order valence-corrected chi connectivity index (χ0v) is 12.0. The molecule has 0 saturated heterocycles. The van der Waals surface area contributed by atoms with Crippen LogP contribution in [0.5, 0.6) is 0 Å². The van der Waals surface area contributed by atoms with Crippen molar-refractivity contribution in [3.63, 3.8) is 0 Å². The van der Waals surface area contributed by atoms with Gasteiger partial charge >= 0.3 is 0 Å². The normalized spacial score (nSPS) is 13.5. The molecule has 2 aromatic rings. The van der Waals surface area contributed by atoms with Crippen LogP contribution in [0.25, 0.3) is 11.1 Å². The van der Waals surface area contributed by atoms with E-state index in [2.05, 4.69) is 12.1 Å². The van der Waals surface area contributed by atoms with Gasteiger partial charge in [-0.05, 0) is 48.1 Å². The molecule has 3 nitrogen and oxygen atoms in total. The monoisotopic (exact) mass is 293 g/mol. The second kappa shape index (κ2) is 5.13. The molecular formula is C17H12ClN3. The molecule has 1 aliphatic carbocycles. The first-order valence-electron chi connectivity index (χ1n) is 6.68. The predicted molar refractivity (Wildman–Crippen MR) is 82.7 cm³/mol. The molecule has 102 valence electrons. The fourth-order valence-corrected chi connectivity index (χ4v) is 2.67. The Morgan fingerprint density at radius 2 is 1.67 bits per heavy atom. The number of hydrogen-bond donors (Lipinski definition) is 1. The first-order chi connectivity index (χ1) is 10.2. The summed E-state index contributed by atoms with van der Waals surface area (Å²) in [5.41, 5.74) is 9.78. The van der Waals surface area contributed by atoms with E-state index in [1.54, 1.807) is 12.1 Å². The lowest BCUT2D eigenvalue weighted by Crippen LogP contribution is -2.02. The average Bonchev–Trinajstić information content (AvgIpc) is 3.31. The summed E-state index contributed by atoms with van der Waals surface area (Å²) in [5.74, 6) is 0.390. The van der Waals surface area contributed by atoms with Gasteiger partial charge in [0.25, 0.3) is 0 Å². The van der Waals surface area contributed by atoms with Crippen LogP contribution >= 0.6 is 11.6 Å². The summed E-state index contributed by atoms with van der Waals surface area (Å²) in [6.45, 7) is 0. The molecule has 0 aromatic heterocycles. The van der Waals surface area contributed by atoms with Gasteiger partial charge in [-0.15, -0.1) is 0 Å². The average molecular weight is 294 g/mol. The van der Waals surface area contributed by atoms with Crippen molar-refractivity contribution in [2.45, 2.75) is 18.8 Å². The largest absolute Gasteiger partial charge is 0.397 e. The number of halogens is 1. The number of nitrogen functional groups attached to an aromatic ring is 1. The topological polar surface area (TPSA) is 73.6 Å². The third kappa shape index (κ3) is 2.33. The van der Waals surface area contributed by atoms with Gasteiger partial charge in [-0.1, -0.05) is 23.7 Å². The van der Waals surface area contributed by atoms with Crippen LogP contribution in [0.4, 0.5) is 5.69 Å². The second-order valence-electron chi connectivity index (χ2n) is 5.18. The first kappa shape index (κ1) is 13.5. The van der Waals surface area contributed by atoms with Gasteiger partial charge in [0, 0.05) is 10.6 Å². The molecule has 2 N–H and O–H groups in total. The Balaban J connectivity index is 2.27. The van der Waals surface area contributed by atoms with E-state index in [9.17, 15) is 10.5 Å². The highest BCUT2D eigenvalue weighted by molar-refractivity contribution is 6.30. The van der Waals surface area contributed by atoms with E-state index in [1.807, 2.05) is 18.2 Å². The van der Waals surface area contributed by atoms with Crippen molar-refractivity contribution in [1.29, 1.82) is 10.5 Å². The molecule has 0 bridgehead atoms. The summed E-state index contributed by atoms with van der Waals surface area (Å²) >= 11 is 5.91. The van der Waals surface area contributed by atoms with Crippen molar-refractivity contribution in [3.05, 3.63) is 52.0 Å². The summed E-state index contributed by atoms with van der Waals surface area (Å²) in [4.78, 5) is 0. The highest BCUT2D eigenvalue weighted by Gasteiger charge is 2.29. The molecule has 4 heteroatoms. The smallest absolute Gasteiger partial charge is 0.102 e. The standard InChI is InChI=1S/C17H12ClN3/c18-12-5-3-11(4-6-12)14-7-13(10-1-2-10)15(8-19)17(21)16(14)9-20/h3-7,10H,1-2,21H2. The van der Waals surface area contributed by atoms with Crippen molar-refractivity contribution < 1.29 is 0 Å². The van der Waals surface area contributed by atoms with Crippen LogP contribution in [0, 0.1) is 22.7 Å². The highest BCUT2D eigenvalue weighted by Crippen LogP contribution is 2.45. The van der Waals surface area contributed by atoms with E-state index in [0.29, 0.717) is 22.1 Å². The van der Waals surface area contributed by atoms with Gasteiger partial charge in [-0.3, -0.25) is 0 Å². The minimum atomic E-state index is 0.286. The molecule has 0 amide bonds. The van der Waals surface area contributed by atoms with Crippen molar-refractivity contribution in [1.82, 2.24) is 0 Å². The van der Waals surface area contributed by atoms with Crippen molar-refractivity contribution in [2.75, 3.05) is 5.73 Å². The zero-order chi connectivity index (χ0) is 15.0. The molecule has 1 aliphatic rings. The van der Waals surface area contributed by atoms with Gasteiger partial charge in [0.15, 0.2) is 0 Å². The van der Waals surface area contributed by atoms with E-state index in [4.69, 9.17) is 17.3 Å². The van der Waals surface area contributed by atoms with Crippen LogP contribution in [0.2, 0.25) is 5.02 Å². The summed E-state index contributed by atoms with van der Waals surface area (Å²) in [6, 6.07) is 13.5. The van der Waals surface area contributed by atoms with Gasteiger partial charge in [-0.2, -0.15) is 10.5 Å². The molecule has 0 spiro atoms. The van der Waals surface area contributed by atoms with Crippen molar-refractivity contribution in [2.24, 2.45) is 0 Å². The predicted octanol–water partition coefficient (Wildman–Crippen LogP) is 4.21. The summed E-state index contributed by atoms with van der Waals surface area (Å²) in [5, 5.41) is 19.4. The van der Waals surface area contributed by atoms with Gasteiger partial charge < -0.3 is 5.73 Å². The lowest BCUT2D eigenvalue weighted by atomic mass is 9.91. The quantitative estimate of drug-likeness (QED) is 0.843. The fraction of sp³-hybridized carbons (Fsp3) is 0.176. The Labute approximate surface area is 128 Å². The van der Waals surface area contributed by atoms with Crippen LogP contribution in [-0.2, 0) is 0 Å². The fourth-order valence-electron chi connectivity index (χ4n) is 2.54. The Morgan fingerprint density at radius 3 is 2.19 bits per heavy atom. The SMILES string of the molecule is N#Cc1c(-c2ccc(Cl)cc2)cc(C2CC2)c(C#N)c1N. The van der Waals surface area contributed by atoms with E-state index in [1.165, 1.54) is 0 Å². The number of nitriles is 2. The lowest BCUT2D eigenvalue weighted by molar-refractivity contribution is 1.12. The Kier molecular flexibility index (Phi) is 3.29. The van der Waals surface area contributed by atoms with Crippen LogP contribution < -0.4 is 5.73 Å².